The number of piperazine rings is 1. The van der Waals surface area contributed by atoms with Crippen molar-refractivity contribution < 1.29 is 18.5 Å². The van der Waals surface area contributed by atoms with Crippen LogP contribution in [0.15, 0.2) is 40.4 Å². The van der Waals surface area contributed by atoms with E-state index in [-0.39, 0.29) is 35.4 Å². The highest BCUT2D eigenvalue weighted by Gasteiger charge is 2.40. The van der Waals surface area contributed by atoms with Crippen molar-refractivity contribution in [1.82, 2.24) is 20.4 Å². The van der Waals surface area contributed by atoms with Crippen molar-refractivity contribution in [2.75, 3.05) is 6.54 Å². The lowest BCUT2D eigenvalue weighted by molar-refractivity contribution is -0.129. The molecule has 1 aromatic carbocycles. The van der Waals surface area contributed by atoms with Gasteiger partial charge < -0.3 is 14.7 Å². The quantitative estimate of drug-likeness (QED) is 0.761. The molecule has 0 saturated carbocycles. The predicted octanol–water partition coefficient (Wildman–Crippen LogP) is 3.34. The van der Waals surface area contributed by atoms with E-state index in [9.17, 15) is 14.0 Å². The second-order valence-corrected chi connectivity index (χ2v) is 8.27. The molecule has 30 heavy (non-hydrogen) atoms. The van der Waals surface area contributed by atoms with Crippen LogP contribution in [0.25, 0.3) is 11.5 Å². The number of allylic oxidation sites excluding steroid dienone is 1. The molecule has 1 fully saturated rings. The molecule has 1 aliphatic carbocycles. The molecular weight excluding hydrogens is 387 g/mol. The van der Waals surface area contributed by atoms with Crippen molar-refractivity contribution in [3.05, 3.63) is 47.6 Å². The van der Waals surface area contributed by atoms with Gasteiger partial charge in [-0.05, 0) is 55.9 Å². The van der Waals surface area contributed by atoms with Gasteiger partial charge >= 0.3 is 0 Å². The van der Waals surface area contributed by atoms with Crippen molar-refractivity contribution in [1.29, 1.82) is 0 Å². The zero-order valence-electron chi connectivity index (χ0n) is 17.1. The van der Waals surface area contributed by atoms with Crippen LogP contribution in [0.1, 0.15) is 50.1 Å². The van der Waals surface area contributed by atoms with E-state index in [4.69, 9.17) is 4.52 Å². The Morgan fingerprint density at radius 3 is 2.77 bits per heavy atom. The summed E-state index contributed by atoms with van der Waals surface area (Å²) in [5.74, 6) is -0.692. The summed E-state index contributed by atoms with van der Waals surface area (Å²) in [5.41, 5.74) is 1.69. The number of carbonyl (C=O) groups excluding carboxylic acids is 2. The lowest BCUT2D eigenvalue weighted by Gasteiger charge is -2.40. The number of nitrogens with zero attached hydrogens (tertiary/aromatic N) is 3. The minimum Gasteiger partial charge on any atom is -0.346 e. The van der Waals surface area contributed by atoms with Gasteiger partial charge in [0.05, 0.1) is 6.04 Å². The first-order valence-corrected chi connectivity index (χ1v) is 10.3. The van der Waals surface area contributed by atoms with Crippen molar-refractivity contribution >= 4 is 11.8 Å². The third-order valence-electron chi connectivity index (χ3n) is 5.56. The van der Waals surface area contributed by atoms with E-state index in [2.05, 4.69) is 21.5 Å². The highest BCUT2D eigenvalue weighted by atomic mass is 19.1. The summed E-state index contributed by atoms with van der Waals surface area (Å²) in [6.45, 7) is 4.42. The Bertz CT molecular complexity index is 967. The average molecular weight is 412 g/mol. The summed E-state index contributed by atoms with van der Waals surface area (Å²) < 4.78 is 18.4. The largest absolute Gasteiger partial charge is 0.346 e. The van der Waals surface area contributed by atoms with Crippen LogP contribution in [0.3, 0.4) is 0 Å². The number of hydrogen-bond donors (Lipinski definition) is 1. The fraction of sp³-hybridized carbons (Fsp3) is 0.455. The number of nitrogens with one attached hydrogen (secondary N) is 1. The Morgan fingerprint density at radius 1 is 1.33 bits per heavy atom. The highest BCUT2D eigenvalue weighted by Crippen LogP contribution is 2.27. The Labute approximate surface area is 174 Å². The van der Waals surface area contributed by atoms with Crippen LogP contribution in [0.2, 0.25) is 0 Å². The first-order valence-electron chi connectivity index (χ1n) is 10.3. The Hall–Kier alpha value is -3.03. The van der Waals surface area contributed by atoms with E-state index in [1.807, 2.05) is 13.8 Å². The molecule has 0 radical (unpaired) electrons. The zero-order valence-corrected chi connectivity index (χ0v) is 17.1. The number of amides is 2. The van der Waals surface area contributed by atoms with Crippen molar-refractivity contribution in [2.24, 2.45) is 5.92 Å². The van der Waals surface area contributed by atoms with Gasteiger partial charge in [0.25, 0.3) is 17.6 Å². The monoisotopic (exact) mass is 412 g/mol. The van der Waals surface area contributed by atoms with Crippen molar-refractivity contribution in [3.63, 3.8) is 0 Å². The molecular formula is C22H25FN4O3. The standard InChI is InChI=1S/C22H25FN4O3/c1-13(2)11-18-20(28)24-17(14-5-3-4-6-14)12-27(18)22(29)19-25-21(30-26-19)15-7-9-16(23)10-8-15/h5,7-10,13,17-18H,3-4,6,11-12H2,1-2H3,(H,24,28). The van der Waals surface area contributed by atoms with Crippen molar-refractivity contribution in [2.45, 2.75) is 51.6 Å². The molecule has 1 saturated heterocycles. The SMILES string of the molecule is CC(C)CC1C(=O)NC(C2=CCCC2)CN1C(=O)c1noc(-c2ccc(F)cc2)n1. The maximum absolute atomic E-state index is 13.3. The van der Waals surface area contributed by atoms with Gasteiger partial charge in [-0.2, -0.15) is 4.98 Å². The second-order valence-electron chi connectivity index (χ2n) is 8.27. The third-order valence-corrected chi connectivity index (χ3v) is 5.56. The van der Waals surface area contributed by atoms with Crippen LogP contribution in [0, 0.1) is 11.7 Å². The fourth-order valence-corrected chi connectivity index (χ4v) is 4.05. The van der Waals surface area contributed by atoms with Gasteiger partial charge in [0, 0.05) is 12.1 Å². The van der Waals surface area contributed by atoms with E-state index < -0.39 is 11.9 Å². The lowest BCUT2D eigenvalue weighted by Crippen LogP contribution is -2.62. The minimum absolute atomic E-state index is 0.100. The molecule has 1 aromatic heterocycles. The normalized spacial score (nSPS) is 21.7. The molecule has 2 atom stereocenters. The Morgan fingerprint density at radius 2 is 2.10 bits per heavy atom. The van der Waals surface area contributed by atoms with Gasteiger partial charge in [-0.15, -0.1) is 0 Å². The molecule has 1 N–H and O–H groups in total. The highest BCUT2D eigenvalue weighted by molar-refractivity contribution is 5.96. The molecule has 0 bridgehead atoms. The number of carbonyl (C=O) groups is 2. The van der Waals surface area contributed by atoms with E-state index in [1.54, 1.807) is 4.90 Å². The lowest BCUT2D eigenvalue weighted by atomic mass is 9.95. The number of rotatable bonds is 5. The smallest absolute Gasteiger partial charge is 0.296 e. The first kappa shape index (κ1) is 20.3. The summed E-state index contributed by atoms with van der Waals surface area (Å²) in [4.78, 5) is 31.9. The van der Waals surface area contributed by atoms with Gasteiger partial charge in [0.2, 0.25) is 5.91 Å². The number of benzene rings is 1. The molecule has 2 amide bonds. The maximum Gasteiger partial charge on any atom is 0.296 e. The average Bonchev–Trinajstić information content (AvgIpc) is 3.41. The topological polar surface area (TPSA) is 88.3 Å². The molecule has 158 valence electrons. The Kier molecular flexibility index (Phi) is 5.65. The van der Waals surface area contributed by atoms with Gasteiger partial charge in [-0.25, -0.2) is 4.39 Å². The summed E-state index contributed by atoms with van der Waals surface area (Å²) in [6.07, 6.45) is 5.69. The number of halogens is 1. The zero-order chi connectivity index (χ0) is 21.3. The van der Waals surface area contributed by atoms with Crippen molar-refractivity contribution in [3.8, 4) is 11.5 Å². The van der Waals surface area contributed by atoms with Gasteiger partial charge in [0.15, 0.2) is 0 Å². The van der Waals surface area contributed by atoms with E-state index in [1.165, 1.54) is 29.8 Å². The van der Waals surface area contributed by atoms with Crippen LogP contribution >= 0.6 is 0 Å². The Balaban J connectivity index is 1.60. The van der Waals surface area contributed by atoms with Crippen LogP contribution in [-0.2, 0) is 4.79 Å². The van der Waals surface area contributed by atoms with Gasteiger partial charge in [-0.1, -0.05) is 30.7 Å². The van der Waals surface area contributed by atoms with E-state index in [0.29, 0.717) is 18.5 Å². The van der Waals surface area contributed by atoms with Crippen LogP contribution in [-0.4, -0.2) is 45.5 Å². The molecule has 7 nitrogen and oxygen atoms in total. The minimum atomic E-state index is -0.580. The first-order chi connectivity index (χ1) is 14.4. The number of hydrogen-bond acceptors (Lipinski definition) is 5. The molecule has 0 spiro atoms. The maximum atomic E-state index is 13.3. The van der Waals surface area contributed by atoms with E-state index in [0.717, 1.165) is 19.3 Å². The van der Waals surface area contributed by atoms with Crippen LogP contribution in [0.4, 0.5) is 4.39 Å². The van der Waals surface area contributed by atoms with E-state index >= 15 is 0 Å². The third kappa shape index (κ3) is 4.13. The summed E-state index contributed by atoms with van der Waals surface area (Å²) in [7, 11) is 0. The predicted molar refractivity (Wildman–Crippen MR) is 108 cm³/mol. The molecule has 8 heteroatoms. The molecule has 2 aliphatic rings. The summed E-state index contributed by atoms with van der Waals surface area (Å²) in [6, 6.07) is 4.83. The molecule has 2 aromatic rings. The van der Waals surface area contributed by atoms with Crippen LogP contribution in [0.5, 0.6) is 0 Å². The molecule has 1 aliphatic heterocycles. The molecule has 2 heterocycles. The fourth-order valence-electron chi connectivity index (χ4n) is 4.05. The van der Waals surface area contributed by atoms with Gasteiger partial charge in [-0.3, -0.25) is 9.59 Å². The number of aromatic nitrogens is 2. The second kappa shape index (κ2) is 8.38. The molecule has 4 rings (SSSR count). The van der Waals surface area contributed by atoms with Gasteiger partial charge in [0.1, 0.15) is 11.9 Å². The molecule has 2 unspecified atom stereocenters. The summed E-state index contributed by atoms with van der Waals surface area (Å²) >= 11 is 0. The summed E-state index contributed by atoms with van der Waals surface area (Å²) in [5, 5.41) is 6.92. The van der Waals surface area contributed by atoms with Crippen LogP contribution < -0.4 is 5.32 Å².